The Balaban J connectivity index is 1.43. The van der Waals surface area contributed by atoms with Crippen LogP contribution in [0.3, 0.4) is 0 Å². The first-order chi connectivity index (χ1) is 11.3. The molecule has 0 radical (unpaired) electrons. The van der Waals surface area contributed by atoms with Crippen LogP contribution in [0, 0.1) is 0 Å². The van der Waals surface area contributed by atoms with Gasteiger partial charge in [-0.05, 0) is 18.6 Å². The van der Waals surface area contributed by atoms with Crippen LogP contribution >= 0.6 is 23.1 Å². The number of carbonyl (C=O) groups is 1. The van der Waals surface area contributed by atoms with Crippen molar-refractivity contribution in [3.63, 3.8) is 0 Å². The fourth-order valence-electron chi connectivity index (χ4n) is 1.96. The van der Waals surface area contributed by atoms with Gasteiger partial charge in [0, 0.05) is 35.0 Å². The molecule has 0 unspecified atom stereocenters. The molecule has 0 aliphatic rings. The van der Waals surface area contributed by atoms with Crippen molar-refractivity contribution < 1.29 is 9.21 Å². The number of thiazole rings is 1. The standard InChI is InChI=1S/C16H15N3O2S2/c20-15(18-6-1-8-22-16-19-7-9-23-16)13-4-2-12(3-5-13)14-10-17-11-21-14/h2-5,7,9-11H,1,6,8H2,(H,18,20). The molecule has 2 aromatic heterocycles. The number of benzene rings is 1. The van der Waals surface area contributed by atoms with Crippen LogP contribution in [0.15, 0.2) is 57.2 Å². The Bertz CT molecular complexity index is 725. The van der Waals surface area contributed by atoms with Crippen molar-refractivity contribution in [3.05, 3.63) is 54.0 Å². The smallest absolute Gasteiger partial charge is 0.251 e. The summed E-state index contributed by atoms with van der Waals surface area (Å²) in [5.41, 5.74) is 1.54. The second kappa shape index (κ2) is 7.94. The molecule has 1 aromatic carbocycles. The van der Waals surface area contributed by atoms with E-state index < -0.39 is 0 Å². The molecule has 0 aliphatic carbocycles. The molecule has 2 heterocycles. The van der Waals surface area contributed by atoms with E-state index in [9.17, 15) is 4.79 Å². The maximum atomic E-state index is 12.1. The summed E-state index contributed by atoms with van der Waals surface area (Å²) in [5.74, 6) is 1.57. The van der Waals surface area contributed by atoms with E-state index in [1.807, 2.05) is 17.5 Å². The minimum absolute atomic E-state index is 0.0617. The third-order valence-electron chi connectivity index (χ3n) is 3.11. The van der Waals surface area contributed by atoms with Gasteiger partial charge >= 0.3 is 0 Å². The van der Waals surface area contributed by atoms with E-state index >= 15 is 0 Å². The number of hydrogen-bond acceptors (Lipinski definition) is 6. The lowest BCUT2D eigenvalue weighted by Crippen LogP contribution is -2.24. The molecule has 0 aliphatic heterocycles. The molecule has 1 amide bonds. The highest BCUT2D eigenvalue weighted by molar-refractivity contribution is 8.00. The monoisotopic (exact) mass is 345 g/mol. The molecule has 0 spiro atoms. The Kier molecular flexibility index (Phi) is 5.44. The number of carbonyl (C=O) groups excluding carboxylic acids is 1. The summed E-state index contributed by atoms with van der Waals surface area (Å²) in [5, 5.41) is 4.89. The van der Waals surface area contributed by atoms with Crippen LogP contribution < -0.4 is 5.32 Å². The maximum absolute atomic E-state index is 12.1. The Morgan fingerprint density at radius 2 is 2.17 bits per heavy atom. The van der Waals surface area contributed by atoms with Gasteiger partial charge in [-0.1, -0.05) is 23.9 Å². The van der Waals surface area contributed by atoms with Gasteiger partial charge in [0.25, 0.3) is 5.91 Å². The van der Waals surface area contributed by atoms with Gasteiger partial charge in [0.1, 0.15) is 4.34 Å². The average molecular weight is 345 g/mol. The minimum atomic E-state index is -0.0617. The van der Waals surface area contributed by atoms with Crippen LogP contribution in [0.1, 0.15) is 16.8 Å². The first kappa shape index (κ1) is 15.8. The quantitative estimate of drug-likeness (QED) is 0.522. The number of hydrogen-bond donors (Lipinski definition) is 1. The van der Waals surface area contributed by atoms with Crippen LogP contribution in [0.4, 0.5) is 0 Å². The summed E-state index contributed by atoms with van der Waals surface area (Å²) in [6.07, 6.45) is 5.75. The summed E-state index contributed by atoms with van der Waals surface area (Å²) in [4.78, 5) is 20.2. The highest BCUT2D eigenvalue weighted by atomic mass is 32.2. The second-order valence-corrected chi connectivity index (χ2v) is 6.94. The molecule has 3 rings (SSSR count). The largest absolute Gasteiger partial charge is 0.444 e. The van der Waals surface area contributed by atoms with Crippen molar-refractivity contribution in [1.82, 2.24) is 15.3 Å². The topological polar surface area (TPSA) is 68.0 Å². The van der Waals surface area contributed by atoms with Gasteiger partial charge in [0.05, 0.1) is 6.20 Å². The van der Waals surface area contributed by atoms with Crippen molar-refractivity contribution in [1.29, 1.82) is 0 Å². The minimum Gasteiger partial charge on any atom is -0.444 e. The number of thioether (sulfide) groups is 1. The molecule has 118 valence electrons. The lowest BCUT2D eigenvalue weighted by Gasteiger charge is -2.05. The van der Waals surface area contributed by atoms with Crippen LogP contribution in [-0.2, 0) is 0 Å². The fraction of sp³-hybridized carbons (Fsp3) is 0.188. The van der Waals surface area contributed by atoms with Crippen molar-refractivity contribution in [2.45, 2.75) is 10.8 Å². The van der Waals surface area contributed by atoms with Gasteiger partial charge in [0.2, 0.25) is 0 Å². The van der Waals surface area contributed by atoms with Crippen LogP contribution in [0.25, 0.3) is 11.3 Å². The van der Waals surface area contributed by atoms with Crippen molar-refractivity contribution >= 4 is 29.0 Å². The van der Waals surface area contributed by atoms with Gasteiger partial charge in [0.15, 0.2) is 12.2 Å². The zero-order valence-electron chi connectivity index (χ0n) is 12.3. The van der Waals surface area contributed by atoms with E-state index in [1.165, 1.54) is 6.39 Å². The lowest BCUT2D eigenvalue weighted by atomic mass is 10.1. The second-order valence-electron chi connectivity index (χ2n) is 4.70. The molecule has 0 saturated carbocycles. The zero-order valence-corrected chi connectivity index (χ0v) is 13.9. The van der Waals surface area contributed by atoms with Gasteiger partial charge < -0.3 is 9.73 Å². The molecule has 0 saturated heterocycles. The molecule has 23 heavy (non-hydrogen) atoms. The predicted octanol–water partition coefficient (Wildman–Crippen LogP) is 3.71. The van der Waals surface area contributed by atoms with Crippen LogP contribution in [0.2, 0.25) is 0 Å². The van der Waals surface area contributed by atoms with Crippen molar-refractivity contribution in [3.8, 4) is 11.3 Å². The third kappa shape index (κ3) is 4.43. The van der Waals surface area contributed by atoms with Crippen LogP contribution in [0.5, 0.6) is 0 Å². The van der Waals surface area contributed by atoms with E-state index in [2.05, 4.69) is 15.3 Å². The lowest BCUT2D eigenvalue weighted by molar-refractivity contribution is 0.0954. The molecule has 1 N–H and O–H groups in total. The van der Waals surface area contributed by atoms with Gasteiger partial charge in [-0.2, -0.15) is 0 Å². The van der Waals surface area contributed by atoms with Crippen molar-refractivity contribution in [2.75, 3.05) is 12.3 Å². The maximum Gasteiger partial charge on any atom is 0.251 e. The number of amides is 1. The SMILES string of the molecule is O=C(NCCCSc1nccs1)c1ccc(-c2cnco2)cc1. The summed E-state index contributed by atoms with van der Waals surface area (Å²) in [7, 11) is 0. The Morgan fingerprint density at radius 1 is 1.30 bits per heavy atom. The summed E-state index contributed by atoms with van der Waals surface area (Å²) < 4.78 is 6.29. The number of nitrogens with one attached hydrogen (secondary N) is 1. The van der Waals surface area contributed by atoms with Gasteiger partial charge in [-0.15, -0.1) is 11.3 Å². The number of rotatable bonds is 7. The normalized spacial score (nSPS) is 10.6. The van der Waals surface area contributed by atoms with E-state index in [4.69, 9.17) is 4.42 Å². The number of aromatic nitrogens is 2. The first-order valence-electron chi connectivity index (χ1n) is 7.12. The van der Waals surface area contributed by atoms with E-state index in [0.717, 1.165) is 22.1 Å². The number of nitrogens with zero attached hydrogens (tertiary/aromatic N) is 2. The average Bonchev–Trinajstić information content (AvgIpc) is 3.28. The summed E-state index contributed by atoms with van der Waals surface area (Å²) in [6, 6.07) is 7.29. The number of oxazole rings is 1. The first-order valence-corrected chi connectivity index (χ1v) is 8.99. The van der Waals surface area contributed by atoms with Gasteiger partial charge in [-0.25, -0.2) is 9.97 Å². The Morgan fingerprint density at radius 3 is 2.87 bits per heavy atom. The molecule has 0 bridgehead atoms. The zero-order chi connectivity index (χ0) is 15.9. The summed E-state index contributed by atoms with van der Waals surface area (Å²) in [6.45, 7) is 0.654. The molecule has 0 fully saturated rings. The highest BCUT2D eigenvalue weighted by Crippen LogP contribution is 2.20. The third-order valence-corrected chi connectivity index (χ3v) is 5.16. The Labute approximate surface area is 142 Å². The van der Waals surface area contributed by atoms with E-state index in [-0.39, 0.29) is 5.91 Å². The summed E-state index contributed by atoms with van der Waals surface area (Å²) >= 11 is 3.35. The Hall–Kier alpha value is -2.12. The molecular formula is C16H15N3O2S2. The van der Waals surface area contributed by atoms with E-state index in [0.29, 0.717) is 17.9 Å². The fourth-order valence-corrected chi connectivity index (χ4v) is 3.61. The predicted molar refractivity (Wildman–Crippen MR) is 91.7 cm³/mol. The van der Waals surface area contributed by atoms with Gasteiger partial charge in [-0.3, -0.25) is 4.79 Å². The molecule has 3 aromatic rings. The van der Waals surface area contributed by atoms with Crippen LogP contribution in [-0.4, -0.2) is 28.2 Å². The molecule has 5 nitrogen and oxygen atoms in total. The van der Waals surface area contributed by atoms with E-state index in [1.54, 1.807) is 47.6 Å². The highest BCUT2D eigenvalue weighted by Gasteiger charge is 2.07. The van der Waals surface area contributed by atoms with Crippen molar-refractivity contribution in [2.24, 2.45) is 0 Å². The molecule has 7 heteroatoms. The molecular weight excluding hydrogens is 330 g/mol. The molecule has 0 atom stereocenters.